The highest BCUT2D eigenvalue weighted by atomic mass is 19.3. The quantitative estimate of drug-likeness (QED) is 0.669. The van der Waals surface area contributed by atoms with Crippen molar-refractivity contribution < 1.29 is 13.9 Å². The van der Waals surface area contributed by atoms with Crippen molar-refractivity contribution in [1.29, 1.82) is 0 Å². The number of hydrogen-bond acceptors (Lipinski definition) is 4. The fraction of sp³-hybridized carbons (Fsp3) is 0.375. The molecule has 0 fully saturated rings. The lowest BCUT2D eigenvalue weighted by atomic mass is 10.1. The SMILES string of the molecule is NCc1c(N)cc(C(F)F)nc1CO. The summed E-state index contributed by atoms with van der Waals surface area (Å²) in [5, 5.41) is 8.86. The standard InChI is InChI=1S/C8H11F2N3O/c9-8(10)6-1-5(12)4(2-11)7(3-14)13-6/h1,8,14H,2-3,11H2,(H2,12,13). The number of aliphatic hydroxyl groups excluding tert-OH is 1. The number of anilines is 1. The number of rotatable bonds is 3. The van der Waals surface area contributed by atoms with E-state index < -0.39 is 18.7 Å². The molecule has 0 aromatic carbocycles. The number of nitrogens with two attached hydrogens (primary N) is 2. The first-order valence-electron chi connectivity index (χ1n) is 3.97. The van der Waals surface area contributed by atoms with Crippen LogP contribution in [0.15, 0.2) is 6.07 Å². The minimum Gasteiger partial charge on any atom is -0.398 e. The van der Waals surface area contributed by atoms with Crippen molar-refractivity contribution in [1.82, 2.24) is 4.98 Å². The maximum Gasteiger partial charge on any atom is 0.280 e. The van der Waals surface area contributed by atoms with E-state index in [9.17, 15) is 8.78 Å². The van der Waals surface area contributed by atoms with Crippen LogP contribution in [0.2, 0.25) is 0 Å². The summed E-state index contributed by atoms with van der Waals surface area (Å²) in [6, 6.07) is 1.08. The first-order valence-corrected chi connectivity index (χ1v) is 3.97. The summed E-state index contributed by atoms with van der Waals surface area (Å²) < 4.78 is 24.5. The summed E-state index contributed by atoms with van der Waals surface area (Å²) >= 11 is 0. The van der Waals surface area contributed by atoms with Crippen molar-refractivity contribution in [2.75, 3.05) is 5.73 Å². The first kappa shape index (κ1) is 10.8. The zero-order valence-corrected chi connectivity index (χ0v) is 7.37. The molecule has 6 heteroatoms. The van der Waals surface area contributed by atoms with Gasteiger partial charge in [0.05, 0.1) is 12.3 Å². The number of alkyl halides is 2. The van der Waals surface area contributed by atoms with Crippen LogP contribution >= 0.6 is 0 Å². The molecule has 0 spiro atoms. The molecule has 4 nitrogen and oxygen atoms in total. The Bertz CT molecular complexity index is 331. The van der Waals surface area contributed by atoms with Gasteiger partial charge in [0.15, 0.2) is 0 Å². The van der Waals surface area contributed by atoms with Gasteiger partial charge in [-0.25, -0.2) is 13.8 Å². The number of nitrogen functional groups attached to an aromatic ring is 1. The van der Waals surface area contributed by atoms with Crippen molar-refractivity contribution in [3.63, 3.8) is 0 Å². The van der Waals surface area contributed by atoms with Crippen molar-refractivity contribution in [3.05, 3.63) is 23.0 Å². The highest BCUT2D eigenvalue weighted by Crippen LogP contribution is 2.23. The number of halogens is 2. The molecular formula is C8H11F2N3O. The third-order valence-corrected chi connectivity index (χ3v) is 1.84. The van der Waals surface area contributed by atoms with Gasteiger partial charge in [-0.15, -0.1) is 0 Å². The van der Waals surface area contributed by atoms with Crippen molar-refractivity contribution in [2.45, 2.75) is 19.6 Å². The Kier molecular flexibility index (Phi) is 3.32. The van der Waals surface area contributed by atoms with Crippen LogP contribution in [0.4, 0.5) is 14.5 Å². The van der Waals surface area contributed by atoms with Crippen LogP contribution in [0, 0.1) is 0 Å². The molecule has 0 aliphatic carbocycles. The van der Waals surface area contributed by atoms with E-state index in [0.717, 1.165) is 6.07 Å². The highest BCUT2D eigenvalue weighted by molar-refractivity contribution is 5.50. The molecule has 1 aromatic rings. The molecule has 0 atom stereocenters. The Labute approximate surface area is 79.6 Å². The van der Waals surface area contributed by atoms with Gasteiger partial charge in [-0.3, -0.25) is 0 Å². The van der Waals surface area contributed by atoms with E-state index in [0.29, 0.717) is 5.56 Å². The van der Waals surface area contributed by atoms with Gasteiger partial charge in [-0.2, -0.15) is 0 Å². The van der Waals surface area contributed by atoms with Crippen LogP contribution < -0.4 is 11.5 Å². The van der Waals surface area contributed by atoms with Crippen LogP contribution in [0.25, 0.3) is 0 Å². The summed E-state index contributed by atoms with van der Waals surface area (Å²) in [4.78, 5) is 3.56. The number of aliphatic hydroxyl groups is 1. The monoisotopic (exact) mass is 203 g/mol. The smallest absolute Gasteiger partial charge is 0.280 e. The van der Waals surface area contributed by atoms with Gasteiger partial charge in [-0.05, 0) is 6.07 Å². The predicted octanol–water partition coefficient (Wildman–Crippen LogP) is 0.552. The number of nitrogens with zero attached hydrogens (tertiary/aromatic N) is 1. The molecule has 0 amide bonds. The Morgan fingerprint density at radius 2 is 2.14 bits per heavy atom. The van der Waals surface area contributed by atoms with Crippen molar-refractivity contribution in [3.8, 4) is 0 Å². The first-order chi connectivity index (χ1) is 6.60. The lowest BCUT2D eigenvalue weighted by molar-refractivity contribution is 0.145. The molecule has 78 valence electrons. The topological polar surface area (TPSA) is 85.2 Å². The molecule has 0 saturated carbocycles. The molecule has 1 aromatic heterocycles. The Morgan fingerprint density at radius 3 is 2.57 bits per heavy atom. The molecule has 0 aliphatic rings. The molecule has 5 N–H and O–H groups in total. The summed E-state index contributed by atoms with van der Waals surface area (Å²) in [5.41, 5.74) is 11.0. The summed E-state index contributed by atoms with van der Waals surface area (Å²) in [6.45, 7) is -0.379. The normalized spacial score (nSPS) is 10.9. The van der Waals surface area contributed by atoms with Gasteiger partial charge in [0.25, 0.3) is 6.43 Å². The molecule has 0 bridgehead atoms. The summed E-state index contributed by atoms with van der Waals surface area (Å²) in [6.07, 6.45) is -2.70. The lowest BCUT2D eigenvalue weighted by Gasteiger charge is -2.10. The average molecular weight is 203 g/mol. The summed E-state index contributed by atoms with van der Waals surface area (Å²) in [7, 11) is 0. The largest absolute Gasteiger partial charge is 0.398 e. The van der Waals surface area contributed by atoms with E-state index in [1.807, 2.05) is 0 Å². The maximum atomic E-state index is 12.3. The molecule has 0 unspecified atom stereocenters. The molecular weight excluding hydrogens is 192 g/mol. The molecule has 0 saturated heterocycles. The van der Waals surface area contributed by atoms with Crippen molar-refractivity contribution in [2.24, 2.45) is 5.73 Å². The van der Waals surface area contributed by atoms with E-state index >= 15 is 0 Å². The van der Waals surface area contributed by atoms with Gasteiger partial charge in [0, 0.05) is 17.8 Å². The van der Waals surface area contributed by atoms with Crippen LogP contribution in [0.1, 0.15) is 23.4 Å². The van der Waals surface area contributed by atoms with Gasteiger partial charge in [-0.1, -0.05) is 0 Å². The Hall–Kier alpha value is -1.27. The zero-order valence-electron chi connectivity index (χ0n) is 7.37. The lowest BCUT2D eigenvalue weighted by Crippen LogP contribution is -2.10. The van der Waals surface area contributed by atoms with Crippen LogP contribution in [-0.4, -0.2) is 10.1 Å². The summed E-state index contributed by atoms with van der Waals surface area (Å²) in [5.74, 6) is 0. The fourth-order valence-corrected chi connectivity index (χ4v) is 1.15. The van der Waals surface area contributed by atoms with Gasteiger partial charge < -0.3 is 16.6 Å². The van der Waals surface area contributed by atoms with E-state index in [2.05, 4.69) is 4.98 Å². The fourth-order valence-electron chi connectivity index (χ4n) is 1.15. The minimum atomic E-state index is -2.70. The second kappa shape index (κ2) is 4.30. The predicted molar refractivity (Wildman–Crippen MR) is 47.4 cm³/mol. The average Bonchev–Trinajstić information content (AvgIpc) is 2.16. The van der Waals surface area contributed by atoms with E-state index in [1.165, 1.54) is 0 Å². The third-order valence-electron chi connectivity index (χ3n) is 1.84. The van der Waals surface area contributed by atoms with Gasteiger partial charge >= 0.3 is 0 Å². The van der Waals surface area contributed by atoms with Crippen molar-refractivity contribution >= 4 is 5.69 Å². The molecule has 0 aliphatic heterocycles. The van der Waals surface area contributed by atoms with E-state index in [1.54, 1.807) is 0 Å². The molecule has 0 radical (unpaired) electrons. The Balaban J connectivity index is 3.24. The number of pyridine rings is 1. The van der Waals surface area contributed by atoms with Crippen LogP contribution in [0.3, 0.4) is 0 Å². The highest BCUT2D eigenvalue weighted by Gasteiger charge is 2.14. The second-order valence-electron chi connectivity index (χ2n) is 2.72. The van der Waals surface area contributed by atoms with Crippen LogP contribution in [0.5, 0.6) is 0 Å². The molecule has 1 rings (SSSR count). The second-order valence-corrected chi connectivity index (χ2v) is 2.72. The number of aromatic nitrogens is 1. The van der Waals surface area contributed by atoms with E-state index in [-0.39, 0.29) is 17.9 Å². The van der Waals surface area contributed by atoms with Crippen LogP contribution in [-0.2, 0) is 13.2 Å². The minimum absolute atomic E-state index is 0.0677. The zero-order chi connectivity index (χ0) is 10.7. The van der Waals surface area contributed by atoms with E-state index in [4.69, 9.17) is 16.6 Å². The van der Waals surface area contributed by atoms with Gasteiger partial charge in [0.1, 0.15) is 5.69 Å². The molecule has 14 heavy (non-hydrogen) atoms. The number of hydrogen-bond donors (Lipinski definition) is 3. The van der Waals surface area contributed by atoms with Gasteiger partial charge in [0.2, 0.25) is 0 Å². The Morgan fingerprint density at radius 1 is 1.50 bits per heavy atom. The maximum absolute atomic E-state index is 12.3. The third kappa shape index (κ3) is 1.97. The molecule has 1 heterocycles.